The Balaban J connectivity index is 0.000000149. The van der Waals surface area contributed by atoms with Crippen molar-refractivity contribution in [3.8, 4) is 44.8 Å². The van der Waals surface area contributed by atoms with Gasteiger partial charge in [0.05, 0.1) is 28.5 Å². The van der Waals surface area contributed by atoms with Gasteiger partial charge >= 0.3 is 0 Å². The highest BCUT2D eigenvalue weighted by atomic mass is 79.9. The number of benzene rings is 12. The highest BCUT2D eigenvalue weighted by Crippen LogP contribution is 2.47. The summed E-state index contributed by atoms with van der Waals surface area (Å²) in [6.45, 7) is 0. The van der Waals surface area contributed by atoms with E-state index < -0.39 is 5.60 Å². The summed E-state index contributed by atoms with van der Waals surface area (Å²) >= 11 is 10.7. The molecule has 2 heterocycles. The summed E-state index contributed by atoms with van der Waals surface area (Å²) < 4.78 is 2.95. The predicted octanol–water partition coefficient (Wildman–Crippen LogP) is 23.3. The molecule has 14 rings (SSSR count). The van der Waals surface area contributed by atoms with E-state index in [4.69, 9.17) is 4.98 Å². The number of anilines is 6. The lowest BCUT2D eigenvalue weighted by atomic mass is 9.81. The minimum absolute atomic E-state index is 0.0857. The largest absolute Gasteiger partial charge is 0.374 e. The maximum Gasteiger partial charge on any atom is 0.211 e. The molecule has 6 nitrogen and oxygen atoms in total. The fourth-order valence-corrected chi connectivity index (χ4v) is 12.1. The number of aromatic nitrogens is 2. The van der Waals surface area contributed by atoms with Gasteiger partial charge in [0, 0.05) is 58.4 Å². The van der Waals surface area contributed by atoms with Crippen LogP contribution in [0.4, 0.5) is 34.1 Å². The van der Waals surface area contributed by atoms with Crippen molar-refractivity contribution in [1.29, 1.82) is 0 Å². The second kappa shape index (κ2) is 30.2. The fraction of sp³-hybridized carbons (Fsp3) is 0.0119. The van der Waals surface area contributed by atoms with Crippen LogP contribution in [0.15, 0.2) is 377 Å². The lowest BCUT2D eigenvalue weighted by Gasteiger charge is -2.35. The van der Waals surface area contributed by atoms with Gasteiger partial charge in [-0.05, 0) is 171 Å². The maximum atomic E-state index is 13.5. The third kappa shape index (κ3) is 15.0. The number of rotatable bonds is 15. The molecule has 2 aromatic heterocycles. The van der Waals surface area contributed by atoms with E-state index >= 15 is 0 Å². The molecular weight excluding hydrogens is 1340 g/mol. The van der Waals surface area contributed by atoms with Crippen molar-refractivity contribution in [2.75, 3.05) is 9.80 Å². The van der Waals surface area contributed by atoms with E-state index in [1.54, 1.807) is 0 Å². The zero-order chi connectivity index (χ0) is 63.8. The number of carbonyl (C=O) groups excluding carboxylic acids is 1. The van der Waals surface area contributed by atoms with Crippen LogP contribution < -0.4 is 9.80 Å². The van der Waals surface area contributed by atoms with Crippen molar-refractivity contribution < 1.29 is 9.90 Å². The van der Waals surface area contributed by atoms with Crippen LogP contribution in [0, 0.1) is 0 Å². The van der Waals surface area contributed by atoms with Crippen molar-refractivity contribution in [1.82, 2.24) is 9.97 Å². The molecule has 0 bridgehead atoms. The Labute approximate surface area is 568 Å². The van der Waals surface area contributed by atoms with Crippen molar-refractivity contribution in [3.63, 3.8) is 0 Å². The second-order valence-corrected chi connectivity index (χ2v) is 24.4. The fourth-order valence-electron chi connectivity index (χ4n) is 11.1. The van der Waals surface area contributed by atoms with Gasteiger partial charge in [-0.25, -0.2) is 9.97 Å². The van der Waals surface area contributed by atoms with Gasteiger partial charge in [-0.2, -0.15) is 0 Å². The molecule has 14 aromatic rings. The Morgan fingerprint density at radius 1 is 0.323 bits per heavy atom. The molecule has 0 saturated carbocycles. The monoisotopic (exact) mass is 1390 g/mol. The predicted molar refractivity (Wildman–Crippen MR) is 394 cm³/mol. The van der Waals surface area contributed by atoms with E-state index in [0.717, 1.165) is 92.3 Å². The van der Waals surface area contributed by atoms with E-state index in [2.05, 4.69) is 190 Å². The number of pyridine rings is 2. The van der Waals surface area contributed by atoms with Gasteiger partial charge in [0.1, 0.15) is 5.69 Å². The summed E-state index contributed by atoms with van der Waals surface area (Å²) in [5.41, 5.74) is 15.2. The lowest BCUT2D eigenvalue weighted by molar-refractivity contribution is 0.103. The molecule has 1 atom stereocenters. The third-order valence-electron chi connectivity index (χ3n) is 15.7. The minimum atomic E-state index is -1.63. The Hall–Kier alpha value is -10.4. The first-order valence-corrected chi connectivity index (χ1v) is 32.8. The first kappa shape index (κ1) is 62.8. The van der Waals surface area contributed by atoms with Gasteiger partial charge in [0.25, 0.3) is 0 Å². The van der Waals surface area contributed by atoms with Crippen molar-refractivity contribution in [2.24, 2.45) is 0 Å². The molecular formula is C84H61Br3N4O2. The lowest BCUT2D eigenvalue weighted by Crippen LogP contribution is -2.32. The van der Waals surface area contributed by atoms with Crippen LogP contribution in [0.1, 0.15) is 32.9 Å². The normalized spacial score (nSPS) is 11.4. The minimum Gasteiger partial charge on any atom is -0.374 e. The Morgan fingerprint density at radius 2 is 0.667 bits per heavy atom. The molecule has 0 spiro atoms. The number of para-hydroxylation sites is 6. The van der Waals surface area contributed by atoms with Gasteiger partial charge in [-0.3, -0.25) is 4.79 Å². The molecule has 0 fully saturated rings. The van der Waals surface area contributed by atoms with Crippen LogP contribution in [0.25, 0.3) is 44.8 Å². The summed E-state index contributed by atoms with van der Waals surface area (Å²) in [7, 11) is 0. The number of carbonyl (C=O) groups is 1. The van der Waals surface area contributed by atoms with Crippen LogP contribution in [0.3, 0.4) is 0 Å². The first-order valence-electron chi connectivity index (χ1n) is 30.4. The van der Waals surface area contributed by atoms with E-state index in [-0.39, 0.29) is 5.78 Å². The number of nitrogens with zero attached hydrogens (tertiary/aromatic N) is 4. The zero-order valence-electron chi connectivity index (χ0n) is 50.4. The van der Waals surface area contributed by atoms with E-state index in [1.165, 1.54) is 0 Å². The zero-order valence-corrected chi connectivity index (χ0v) is 55.2. The molecule has 0 saturated heterocycles. The number of hydrogen-bond acceptors (Lipinski definition) is 6. The molecule has 450 valence electrons. The first-order chi connectivity index (χ1) is 45.7. The standard InChI is InChI=1S/C42H31BrN2O.C24H16BrNO.C18H14BrN/c43-35-27-25-34(26-28-35)42(46,41-30-33(31-15-5-1-6-16-31)29-39(44-41)32-17-7-2-8-18-32)38-23-13-14-24-40(38)45(36-19-9-3-10-20-36)37-21-11-4-12-22-37;25-21-13-11-19(12-14-21)24(27)23-16-20(17-7-3-1-4-8-17)15-22(26-23)18-9-5-2-6-10-18;19-17-13-7-8-14-18(17)20(15-9-3-1-4-10-15)16-11-5-2-6-12-16/h1-30,46H;1-16H;1-14H. The van der Waals surface area contributed by atoms with Crippen LogP contribution >= 0.6 is 47.8 Å². The molecule has 0 radical (unpaired) electrons. The van der Waals surface area contributed by atoms with Crippen LogP contribution in [0.2, 0.25) is 0 Å². The molecule has 93 heavy (non-hydrogen) atoms. The van der Waals surface area contributed by atoms with E-state index in [0.29, 0.717) is 28.1 Å². The summed E-state index contributed by atoms with van der Waals surface area (Å²) in [6.07, 6.45) is 0. The smallest absolute Gasteiger partial charge is 0.211 e. The number of aliphatic hydroxyl groups is 1. The van der Waals surface area contributed by atoms with E-state index in [9.17, 15) is 9.90 Å². The van der Waals surface area contributed by atoms with Crippen molar-refractivity contribution in [3.05, 3.63) is 405 Å². The number of ketones is 1. The van der Waals surface area contributed by atoms with E-state index in [1.807, 2.05) is 237 Å². The second-order valence-electron chi connectivity index (χ2n) is 21.8. The van der Waals surface area contributed by atoms with Gasteiger partial charge in [0.2, 0.25) is 5.78 Å². The topological polar surface area (TPSA) is 69.6 Å². The highest BCUT2D eigenvalue weighted by molar-refractivity contribution is 9.11. The molecule has 0 aliphatic carbocycles. The van der Waals surface area contributed by atoms with Crippen LogP contribution in [-0.2, 0) is 5.60 Å². The summed E-state index contributed by atoms with van der Waals surface area (Å²) in [6, 6.07) is 121. The third-order valence-corrected chi connectivity index (χ3v) is 17.4. The van der Waals surface area contributed by atoms with Gasteiger partial charge in [0.15, 0.2) is 5.60 Å². The average molecular weight is 1400 g/mol. The van der Waals surface area contributed by atoms with Gasteiger partial charge < -0.3 is 14.9 Å². The molecule has 1 unspecified atom stereocenters. The summed E-state index contributed by atoms with van der Waals surface area (Å²) in [5, 5.41) is 13.5. The Kier molecular flexibility index (Phi) is 20.4. The molecule has 0 amide bonds. The van der Waals surface area contributed by atoms with Gasteiger partial charge in [-0.15, -0.1) is 0 Å². The number of halogens is 3. The molecule has 0 aliphatic heterocycles. The van der Waals surface area contributed by atoms with Crippen molar-refractivity contribution in [2.45, 2.75) is 5.60 Å². The van der Waals surface area contributed by atoms with Crippen molar-refractivity contribution >= 4 is 87.7 Å². The summed E-state index contributed by atoms with van der Waals surface area (Å²) in [5.74, 6) is -0.0857. The molecule has 12 aromatic carbocycles. The van der Waals surface area contributed by atoms with Gasteiger partial charge in [-0.1, -0.05) is 268 Å². The number of hydrogen-bond donors (Lipinski definition) is 1. The highest BCUT2D eigenvalue weighted by Gasteiger charge is 2.39. The SMILES string of the molecule is Brc1ccccc1N(c1ccccc1)c1ccccc1.O=C(c1ccc(Br)cc1)c1cc(-c2ccccc2)cc(-c2ccccc2)n1.OC(c1ccc(Br)cc1)(c1cc(-c2ccccc2)cc(-c2ccccc2)n1)c1ccccc1N(c1ccccc1)c1ccccc1. The molecule has 9 heteroatoms. The van der Waals surface area contributed by atoms with Crippen LogP contribution in [-0.4, -0.2) is 20.9 Å². The molecule has 1 N–H and O–H groups in total. The summed E-state index contributed by atoms with van der Waals surface area (Å²) in [4.78, 5) is 27.4. The average Bonchev–Trinajstić information content (AvgIpc) is 0.753. The quantitative estimate of drug-likeness (QED) is 0.103. The van der Waals surface area contributed by atoms with Crippen LogP contribution in [0.5, 0.6) is 0 Å². The maximum absolute atomic E-state index is 13.5. The Morgan fingerprint density at radius 3 is 1.11 bits per heavy atom. The molecule has 0 aliphatic rings. The Bertz CT molecular complexity index is 4520.